The predicted octanol–water partition coefficient (Wildman–Crippen LogP) is 5.20. The lowest BCUT2D eigenvalue weighted by Crippen LogP contribution is -2.30. The third kappa shape index (κ3) is 6.73. The van der Waals surface area contributed by atoms with Crippen LogP contribution in [0.25, 0.3) is 0 Å². The molecule has 0 saturated carbocycles. The molecule has 6 heteroatoms. The van der Waals surface area contributed by atoms with Gasteiger partial charge in [-0.3, -0.25) is 4.79 Å². The first-order chi connectivity index (χ1) is 14.1. The van der Waals surface area contributed by atoms with Crippen molar-refractivity contribution in [2.24, 2.45) is 0 Å². The van der Waals surface area contributed by atoms with E-state index in [2.05, 4.69) is 5.32 Å². The van der Waals surface area contributed by atoms with E-state index in [4.69, 9.17) is 25.8 Å². The van der Waals surface area contributed by atoms with Gasteiger partial charge in [0.05, 0.1) is 0 Å². The fraction of sp³-hybridized carbons (Fsp3) is 0.174. The Hall–Kier alpha value is -3.18. The summed E-state index contributed by atoms with van der Waals surface area (Å²) in [5, 5.41) is 3.43. The zero-order valence-electron chi connectivity index (χ0n) is 16.0. The minimum Gasteiger partial charge on any atom is -0.490 e. The van der Waals surface area contributed by atoms with Crippen molar-refractivity contribution in [1.82, 2.24) is 0 Å². The van der Waals surface area contributed by atoms with Crippen molar-refractivity contribution >= 4 is 23.2 Å². The maximum absolute atomic E-state index is 12.3. The fourth-order valence-corrected chi connectivity index (χ4v) is 2.61. The number of amides is 1. The number of hydrogen-bond donors (Lipinski definition) is 1. The molecule has 0 aliphatic carbocycles. The second-order valence-electron chi connectivity index (χ2n) is 6.24. The first-order valence-electron chi connectivity index (χ1n) is 9.24. The monoisotopic (exact) mass is 411 g/mol. The summed E-state index contributed by atoms with van der Waals surface area (Å²) in [5.41, 5.74) is 0.662. The van der Waals surface area contributed by atoms with Crippen LogP contribution in [-0.4, -0.2) is 25.2 Å². The summed E-state index contributed by atoms with van der Waals surface area (Å²) in [5.74, 6) is 1.85. The number of anilines is 1. The molecule has 0 bridgehead atoms. The van der Waals surface area contributed by atoms with Crippen LogP contribution in [-0.2, 0) is 4.79 Å². The van der Waals surface area contributed by atoms with Gasteiger partial charge in [0, 0.05) is 10.7 Å². The third-order valence-corrected chi connectivity index (χ3v) is 4.23. The van der Waals surface area contributed by atoms with Gasteiger partial charge in [0.25, 0.3) is 5.91 Å². The first-order valence-corrected chi connectivity index (χ1v) is 9.62. The number of benzene rings is 3. The van der Waals surface area contributed by atoms with Gasteiger partial charge in [-0.15, -0.1) is 0 Å². The molecule has 3 rings (SSSR count). The van der Waals surface area contributed by atoms with E-state index >= 15 is 0 Å². The van der Waals surface area contributed by atoms with Crippen molar-refractivity contribution in [1.29, 1.82) is 0 Å². The van der Waals surface area contributed by atoms with Gasteiger partial charge in [0.15, 0.2) is 6.10 Å². The van der Waals surface area contributed by atoms with E-state index in [1.807, 2.05) is 30.3 Å². The van der Waals surface area contributed by atoms with Gasteiger partial charge in [-0.25, -0.2) is 0 Å². The molecule has 0 aliphatic heterocycles. The second kappa shape index (κ2) is 10.4. The van der Waals surface area contributed by atoms with E-state index in [9.17, 15) is 4.79 Å². The third-order valence-electron chi connectivity index (χ3n) is 3.98. The van der Waals surface area contributed by atoms with Crippen molar-refractivity contribution < 1.29 is 19.0 Å². The van der Waals surface area contributed by atoms with Crippen LogP contribution >= 0.6 is 11.6 Å². The molecule has 1 N–H and O–H groups in total. The van der Waals surface area contributed by atoms with Crippen LogP contribution in [0.3, 0.4) is 0 Å². The lowest BCUT2D eigenvalue weighted by atomic mass is 10.2. The largest absolute Gasteiger partial charge is 0.490 e. The average molecular weight is 412 g/mol. The van der Waals surface area contributed by atoms with Gasteiger partial charge in [0.2, 0.25) is 0 Å². The lowest BCUT2D eigenvalue weighted by Gasteiger charge is -2.15. The van der Waals surface area contributed by atoms with E-state index in [1.165, 1.54) is 0 Å². The van der Waals surface area contributed by atoms with Gasteiger partial charge >= 0.3 is 0 Å². The standard InChI is InChI=1S/C23H22ClNO4/c1-17(29-22-11-7-18(24)8-12-22)23(26)25-19-9-13-21(14-10-19)28-16-15-27-20-5-3-2-4-6-20/h2-14,17H,15-16H2,1H3,(H,25,26)/t17-/m1/s1. The van der Waals surface area contributed by atoms with Gasteiger partial charge in [0.1, 0.15) is 30.5 Å². The molecule has 0 spiro atoms. The highest BCUT2D eigenvalue weighted by molar-refractivity contribution is 6.30. The average Bonchev–Trinajstić information content (AvgIpc) is 2.74. The molecule has 3 aromatic carbocycles. The maximum atomic E-state index is 12.3. The summed E-state index contributed by atoms with van der Waals surface area (Å²) in [6.07, 6.45) is -0.651. The van der Waals surface area contributed by atoms with Crippen LogP contribution in [0.1, 0.15) is 6.92 Å². The number of nitrogens with one attached hydrogen (secondary N) is 1. The molecule has 1 amide bonds. The smallest absolute Gasteiger partial charge is 0.265 e. The van der Waals surface area contributed by atoms with E-state index in [0.29, 0.717) is 35.4 Å². The quantitative estimate of drug-likeness (QED) is 0.491. The van der Waals surface area contributed by atoms with Crippen LogP contribution in [0, 0.1) is 0 Å². The molecule has 3 aromatic rings. The molecular formula is C23H22ClNO4. The molecule has 0 unspecified atom stereocenters. The molecule has 0 aliphatic rings. The summed E-state index contributed by atoms with van der Waals surface area (Å²) >= 11 is 5.85. The highest BCUT2D eigenvalue weighted by atomic mass is 35.5. The maximum Gasteiger partial charge on any atom is 0.265 e. The molecule has 150 valence electrons. The predicted molar refractivity (Wildman–Crippen MR) is 114 cm³/mol. The van der Waals surface area contributed by atoms with Gasteiger partial charge in [-0.1, -0.05) is 29.8 Å². The Bertz CT molecular complexity index is 898. The van der Waals surface area contributed by atoms with Crippen molar-refractivity contribution in [3.63, 3.8) is 0 Å². The highest BCUT2D eigenvalue weighted by Crippen LogP contribution is 2.19. The van der Waals surface area contributed by atoms with Crippen LogP contribution in [0.4, 0.5) is 5.69 Å². The van der Waals surface area contributed by atoms with E-state index < -0.39 is 6.10 Å². The van der Waals surface area contributed by atoms with Gasteiger partial charge in [-0.2, -0.15) is 0 Å². The molecule has 0 saturated heterocycles. The van der Waals surface area contributed by atoms with Gasteiger partial charge in [-0.05, 0) is 67.6 Å². The minimum atomic E-state index is -0.651. The number of carbonyl (C=O) groups is 1. The van der Waals surface area contributed by atoms with Crippen LogP contribution in [0.5, 0.6) is 17.2 Å². The zero-order chi connectivity index (χ0) is 20.5. The molecule has 0 heterocycles. The summed E-state index contributed by atoms with van der Waals surface area (Å²) in [6.45, 7) is 2.56. The van der Waals surface area contributed by atoms with Crippen LogP contribution in [0.15, 0.2) is 78.9 Å². The summed E-state index contributed by atoms with van der Waals surface area (Å²) in [6, 6.07) is 23.6. The fourth-order valence-electron chi connectivity index (χ4n) is 2.48. The number of rotatable bonds is 9. The number of carbonyl (C=O) groups excluding carboxylic acids is 1. The Morgan fingerprint density at radius 2 is 1.38 bits per heavy atom. The number of para-hydroxylation sites is 1. The van der Waals surface area contributed by atoms with E-state index in [1.54, 1.807) is 55.5 Å². The number of ether oxygens (including phenoxy) is 3. The van der Waals surface area contributed by atoms with Crippen molar-refractivity contribution in [2.45, 2.75) is 13.0 Å². The minimum absolute atomic E-state index is 0.245. The Kier molecular flexibility index (Phi) is 7.36. The second-order valence-corrected chi connectivity index (χ2v) is 6.67. The number of halogens is 1. The molecule has 5 nitrogen and oxygen atoms in total. The molecule has 0 aromatic heterocycles. The SMILES string of the molecule is C[C@@H](Oc1ccc(Cl)cc1)C(=O)Nc1ccc(OCCOc2ccccc2)cc1. The topological polar surface area (TPSA) is 56.8 Å². The lowest BCUT2D eigenvalue weighted by molar-refractivity contribution is -0.122. The Morgan fingerprint density at radius 1 is 0.828 bits per heavy atom. The molecule has 0 fully saturated rings. The Balaban J connectivity index is 1.42. The van der Waals surface area contributed by atoms with Crippen molar-refractivity contribution in [3.8, 4) is 17.2 Å². The van der Waals surface area contributed by atoms with Gasteiger partial charge < -0.3 is 19.5 Å². The normalized spacial score (nSPS) is 11.4. The first kappa shape index (κ1) is 20.6. The highest BCUT2D eigenvalue weighted by Gasteiger charge is 2.15. The summed E-state index contributed by atoms with van der Waals surface area (Å²) in [4.78, 5) is 12.3. The molecule has 0 radical (unpaired) electrons. The van der Waals surface area contributed by atoms with Crippen molar-refractivity contribution in [2.75, 3.05) is 18.5 Å². The van der Waals surface area contributed by atoms with E-state index in [0.717, 1.165) is 5.75 Å². The zero-order valence-corrected chi connectivity index (χ0v) is 16.8. The van der Waals surface area contributed by atoms with Crippen LogP contribution in [0.2, 0.25) is 5.02 Å². The number of hydrogen-bond acceptors (Lipinski definition) is 4. The van der Waals surface area contributed by atoms with E-state index in [-0.39, 0.29) is 5.91 Å². The molecule has 29 heavy (non-hydrogen) atoms. The van der Waals surface area contributed by atoms with Crippen LogP contribution < -0.4 is 19.5 Å². The van der Waals surface area contributed by atoms with Crippen molar-refractivity contribution in [3.05, 3.63) is 83.9 Å². The Morgan fingerprint density at radius 3 is 2.00 bits per heavy atom. The summed E-state index contributed by atoms with van der Waals surface area (Å²) < 4.78 is 16.9. The Labute approximate surface area is 175 Å². The molecule has 1 atom stereocenters. The summed E-state index contributed by atoms with van der Waals surface area (Å²) in [7, 11) is 0. The molecular weight excluding hydrogens is 390 g/mol.